The first-order valence-electron chi connectivity index (χ1n) is 14.3. The van der Waals surface area contributed by atoms with Gasteiger partial charge in [-0.15, -0.1) is 0 Å². The zero-order valence-electron chi connectivity index (χ0n) is 25.6. The van der Waals surface area contributed by atoms with E-state index in [4.69, 9.17) is 14.5 Å². The number of nitrogens with one attached hydrogen (secondary N) is 2. The van der Waals surface area contributed by atoms with Gasteiger partial charge in [-0.2, -0.15) is 0 Å². The van der Waals surface area contributed by atoms with E-state index in [-0.39, 0.29) is 18.1 Å². The van der Waals surface area contributed by atoms with E-state index >= 15 is 0 Å². The quantitative estimate of drug-likeness (QED) is 0.220. The second-order valence-electron chi connectivity index (χ2n) is 12.5. The van der Waals surface area contributed by atoms with Crippen molar-refractivity contribution in [1.29, 1.82) is 0 Å². The maximum Gasteiger partial charge on any atom is 0.490 e. The van der Waals surface area contributed by atoms with Crippen LogP contribution < -0.4 is 16.1 Å². The Balaban J connectivity index is 1.86. The Morgan fingerprint density at radius 3 is 2.60 bits per heavy atom. The van der Waals surface area contributed by atoms with E-state index in [0.29, 0.717) is 53.6 Å². The molecule has 4 rings (SSSR count). The van der Waals surface area contributed by atoms with Gasteiger partial charge in [0, 0.05) is 54.8 Å². The van der Waals surface area contributed by atoms with E-state index in [9.17, 15) is 19.6 Å². The first-order chi connectivity index (χ1) is 20.3. The van der Waals surface area contributed by atoms with E-state index in [1.807, 2.05) is 30.7 Å². The zero-order valence-corrected chi connectivity index (χ0v) is 26.6. The zero-order chi connectivity index (χ0) is 31.4. The van der Waals surface area contributed by atoms with E-state index < -0.39 is 26.7 Å². The first-order valence-corrected chi connectivity index (χ1v) is 18.0. The lowest BCUT2D eigenvalue weighted by molar-refractivity contribution is -0.124. The van der Waals surface area contributed by atoms with E-state index in [1.165, 1.54) is 13.3 Å². The van der Waals surface area contributed by atoms with Gasteiger partial charge in [0.25, 0.3) is 0 Å². The van der Waals surface area contributed by atoms with Crippen molar-refractivity contribution in [2.24, 2.45) is 5.41 Å². The van der Waals surface area contributed by atoms with Gasteiger partial charge >= 0.3 is 13.2 Å². The van der Waals surface area contributed by atoms with Crippen molar-refractivity contribution in [3.8, 4) is 11.3 Å². The SMILES string of the molecule is COC(=O)Nc1ccc2c(c1)NC(=O)C(C)(C)CC/C=C(/c1ccc(B(O)O)cn1)c1nc-2cn1COCC[Si](C)(C)C. The summed E-state index contributed by atoms with van der Waals surface area (Å²) in [5.74, 6) is 0.452. The predicted octanol–water partition coefficient (Wildman–Crippen LogP) is 4.31. The molecule has 1 aliphatic rings. The Morgan fingerprint density at radius 2 is 1.95 bits per heavy atom. The first kappa shape index (κ1) is 32.1. The number of methoxy groups -OCH3 is 1. The molecule has 2 amide bonds. The number of aromatic nitrogens is 3. The Hall–Kier alpha value is -3.78. The van der Waals surface area contributed by atoms with Crippen molar-refractivity contribution in [2.45, 2.75) is 59.1 Å². The number of benzene rings is 1. The van der Waals surface area contributed by atoms with Crippen molar-refractivity contribution in [3.63, 3.8) is 0 Å². The van der Waals surface area contributed by atoms with E-state index in [2.05, 4.69) is 35.3 Å². The third-order valence-electron chi connectivity index (χ3n) is 7.31. The van der Waals surface area contributed by atoms with Crippen LogP contribution in [0.25, 0.3) is 16.8 Å². The summed E-state index contributed by atoms with van der Waals surface area (Å²) in [4.78, 5) is 34.9. The van der Waals surface area contributed by atoms with Crippen LogP contribution in [-0.2, 0) is 21.0 Å². The fraction of sp³-hybridized carbons (Fsp3) is 0.400. The second-order valence-corrected chi connectivity index (χ2v) is 18.1. The number of carbonyl (C=O) groups excluding carboxylic acids is 2. The molecule has 2 bridgehead atoms. The molecule has 228 valence electrons. The number of nitrogens with zero attached hydrogens (tertiary/aromatic N) is 3. The van der Waals surface area contributed by atoms with Crippen molar-refractivity contribution < 1.29 is 29.1 Å². The molecular formula is C30H40BN5O6Si. The van der Waals surface area contributed by atoms with Gasteiger partial charge in [-0.05, 0) is 43.2 Å². The van der Waals surface area contributed by atoms with E-state index in [1.54, 1.807) is 30.3 Å². The van der Waals surface area contributed by atoms with Gasteiger partial charge in [0.2, 0.25) is 5.91 Å². The molecule has 0 saturated heterocycles. The number of pyridine rings is 1. The number of hydrogen-bond donors (Lipinski definition) is 4. The van der Waals surface area contributed by atoms with Crippen LogP contribution in [0.3, 0.4) is 0 Å². The van der Waals surface area contributed by atoms with Crippen LogP contribution in [0.1, 0.15) is 38.2 Å². The molecule has 1 aromatic carbocycles. The van der Waals surface area contributed by atoms with Gasteiger partial charge in [0.05, 0.1) is 24.2 Å². The number of rotatable bonds is 8. The van der Waals surface area contributed by atoms with Crippen LogP contribution in [0.4, 0.5) is 16.2 Å². The van der Waals surface area contributed by atoms with Crippen LogP contribution in [0.15, 0.2) is 48.8 Å². The average Bonchev–Trinajstić information content (AvgIpc) is 3.36. The van der Waals surface area contributed by atoms with Crippen LogP contribution in [0, 0.1) is 5.41 Å². The van der Waals surface area contributed by atoms with Crippen LogP contribution in [0.2, 0.25) is 25.7 Å². The van der Waals surface area contributed by atoms with Gasteiger partial charge in [0.1, 0.15) is 12.6 Å². The molecule has 0 radical (unpaired) electrons. The molecule has 0 spiro atoms. The molecule has 3 heterocycles. The minimum absolute atomic E-state index is 0.173. The third-order valence-corrected chi connectivity index (χ3v) is 9.02. The molecule has 4 N–H and O–H groups in total. The molecule has 0 atom stereocenters. The van der Waals surface area contributed by atoms with Crippen molar-refractivity contribution in [3.05, 3.63) is 60.3 Å². The highest BCUT2D eigenvalue weighted by Crippen LogP contribution is 2.36. The topological polar surface area (TPSA) is 148 Å². The monoisotopic (exact) mass is 605 g/mol. The van der Waals surface area contributed by atoms with E-state index in [0.717, 1.165) is 11.6 Å². The molecule has 3 aromatic rings. The fourth-order valence-corrected chi connectivity index (χ4v) is 5.28. The number of imidazole rings is 1. The minimum atomic E-state index is -1.63. The highest BCUT2D eigenvalue weighted by Gasteiger charge is 2.29. The average molecular weight is 606 g/mol. The van der Waals surface area contributed by atoms with Gasteiger partial charge in [-0.1, -0.05) is 45.6 Å². The summed E-state index contributed by atoms with van der Waals surface area (Å²) in [6.07, 6.45) is 5.79. The highest BCUT2D eigenvalue weighted by atomic mass is 28.3. The minimum Gasteiger partial charge on any atom is -0.453 e. The van der Waals surface area contributed by atoms with Gasteiger partial charge in [0.15, 0.2) is 0 Å². The number of anilines is 2. The maximum absolute atomic E-state index is 13.5. The number of carbonyl (C=O) groups is 2. The molecule has 11 nitrogen and oxygen atoms in total. The predicted molar refractivity (Wildman–Crippen MR) is 171 cm³/mol. The van der Waals surface area contributed by atoms with Crippen molar-refractivity contribution >= 4 is 49.6 Å². The third kappa shape index (κ3) is 8.20. The summed E-state index contributed by atoms with van der Waals surface area (Å²) in [5, 5.41) is 24.9. The van der Waals surface area contributed by atoms with Gasteiger partial charge < -0.3 is 29.4 Å². The normalized spacial score (nSPS) is 16.1. The van der Waals surface area contributed by atoms with Crippen LogP contribution in [0.5, 0.6) is 0 Å². The Morgan fingerprint density at radius 1 is 1.19 bits per heavy atom. The fourth-order valence-electron chi connectivity index (χ4n) is 4.53. The number of amides is 2. The standard InChI is InChI=1S/C30H40BN5O6Si/c1-30(2)13-7-8-23(24-12-9-20(17-32-24)31(39)40)27-34-26(18-36(27)19-42-14-15-43(4,5)6)22-11-10-21(33-29(38)41-3)16-25(22)35-28(30)37/h8-12,16-18,39-40H,7,13-15,19H2,1-6H3,(H,33,38)(H,35,37)/b23-8-. The summed E-state index contributed by atoms with van der Waals surface area (Å²) >= 11 is 0. The van der Waals surface area contributed by atoms with Crippen molar-refractivity contribution in [1.82, 2.24) is 14.5 Å². The smallest absolute Gasteiger partial charge is 0.453 e. The molecule has 0 saturated carbocycles. The number of allylic oxidation sites excluding steroid dienone is 1. The molecule has 0 unspecified atom stereocenters. The Labute approximate surface area is 253 Å². The van der Waals surface area contributed by atoms with Gasteiger partial charge in [-0.25, -0.2) is 9.78 Å². The maximum atomic E-state index is 13.5. The molecule has 2 aromatic heterocycles. The number of ether oxygens (including phenoxy) is 2. The molecule has 13 heteroatoms. The number of hydrogen-bond acceptors (Lipinski definition) is 8. The lowest BCUT2D eigenvalue weighted by Crippen LogP contribution is -2.31. The summed E-state index contributed by atoms with van der Waals surface area (Å²) in [6.45, 7) is 11.5. The van der Waals surface area contributed by atoms with Gasteiger partial charge in [-0.3, -0.25) is 15.1 Å². The second kappa shape index (κ2) is 13.2. The Kier molecular flexibility index (Phi) is 9.90. The molecule has 43 heavy (non-hydrogen) atoms. The largest absolute Gasteiger partial charge is 0.490 e. The molecule has 0 fully saturated rings. The lowest BCUT2D eigenvalue weighted by atomic mass is 9.81. The summed E-state index contributed by atoms with van der Waals surface area (Å²) in [7, 11) is -1.65. The molecular weight excluding hydrogens is 565 g/mol. The van der Waals surface area contributed by atoms with Crippen molar-refractivity contribution in [2.75, 3.05) is 24.4 Å². The molecule has 0 aliphatic carbocycles. The highest BCUT2D eigenvalue weighted by molar-refractivity contribution is 6.76. The number of fused-ring (bicyclic) bond motifs is 4. The molecule has 1 aliphatic heterocycles. The van der Waals surface area contributed by atoms with Crippen LogP contribution in [-0.4, -0.2) is 65.5 Å². The summed E-state index contributed by atoms with van der Waals surface area (Å²) < 4.78 is 12.8. The Bertz CT molecular complexity index is 1500. The summed E-state index contributed by atoms with van der Waals surface area (Å²) in [5.41, 5.74) is 3.10. The van der Waals surface area contributed by atoms with Crippen LogP contribution >= 0.6 is 0 Å². The summed E-state index contributed by atoms with van der Waals surface area (Å²) in [6, 6.07) is 9.56. The lowest BCUT2D eigenvalue weighted by Gasteiger charge is -2.24.